The lowest BCUT2D eigenvalue weighted by molar-refractivity contribution is -0.134. The van der Waals surface area contributed by atoms with Crippen LogP contribution in [0.15, 0.2) is 28.8 Å². The van der Waals surface area contributed by atoms with Gasteiger partial charge in [-0.2, -0.15) is 4.98 Å². The van der Waals surface area contributed by atoms with Crippen LogP contribution in [0.4, 0.5) is 5.69 Å². The Morgan fingerprint density at radius 1 is 1.28 bits per heavy atom. The summed E-state index contributed by atoms with van der Waals surface area (Å²) in [5.74, 6) is 0.652. The number of nitrogens with zero attached hydrogens (tertiary/aromatic N) is 2. The second kappa shape index (κ2) is 6.66. The molecule has 0 spiro atoms. The normalized spacial score (nSPS) is 20.2. The van der Waals surface area contributed by atoms with Crippen molar-refractivity contribution in [3.05, 3.63) is 41.5 Å². The lowest BCUT2D eigenvalue weighted by Crippen LogP contribution is -2.42. The molecule has 0 bridgehead atoms. The van der Waals surface area contributed by atoms with E-state index in [1.807, 2.05) is 24.3 Å². The Labute approximate surface area is 145 Å². The van der Waals surface area contributed by atoms with Gasteiger partial charge in [0.05, 0.1) is 6.42 Å². The number of piperidine rings is 1. The lowest BCUT2D eigenvalue weighted by Gasteiger charge is -2.21. The smallest absolute Gasteiger partial charge is 0.236 e. The molecule has 2 N–H and O–H groups in total. The number of carbonyl (C=O) groups is 2. The van der Waals surface area contributed by atoms with E-state index in [1.54, 1.807) is 0 Å². The van der Waals surface area contributed by atoms with Gasteiger partial charge in [-0.05, 0) is 37.3 Å². The summed E-state index contributed by atoms with van der Waals surface area (Å²) in [5, 5.41) is 9.64. The Morgan fingerprint density at radius 2 is 2.12 bits per heavy atom. The number of amides is 2. The van der Waals surface area contributed by atoms with Gasteiger partial charge in [0.25, 0.3) is 0 Å². The van der Waals surface area contributed by atoms with E-state index >= 15 is 0 Å². The first-order chi connectivity index (χ1) is 12.2. The second-order valence-electron chi connectivity index (χ2n) is 6.63. The summed E-state index contributed by atoms with van der Waals surface area (Å²) in [6.45, 7) is 0.639. The fourth-order valence-electron chi connectivity index (χ4n) is 3.05. The van der Waals surface area contributed by atoms with Gasteiger partial charge < -0.3 is 15.2 Å². The Kier molecular flexibility index (Phi) is 4.21. The molecule has 1 aromatic heterocycles. The van der Waals surface area contributed by atoms with E-state index < -0.39 is 5.92 Å². The predicted octanol–water partition coefficient (Wildman–Crippen LogP) is 2.00. The topological polar surface area (TPSA) is 97.1 Å². The fourth-order valence-corrected chi connectivity index (χ4v) is 3.05. The third-order valence-electron chi connectivity index (χ3n) is 4.64. The summed E-state index contributed by atoms with van der Waals surface area (Å²) >= 11 is 0. The molecule has 1 aliphatic carbocycles. The molecular formula is C18H20N4O3. The first-order valence-electron chi connectivity index (χ1n) is 8.69. The number of hydrogen-bond acceptors (Lipinski definition) is 5. The minimum Gasteiger partial charge on any atom is -0.355 e. The molecule has 25 heavy (non-hydrogen) atoms. The number of anilines is 1. The molecule has 1 saturated heterocycles. The van der Waals surface area contributed by atoms with Crippen molar-refractivity contribution in [1.82, 2.24) is 15.5 Å². The van der Waals surface area contributed by atoms with Gasteiger partial charge in [-0.3, -0.25) is 9.59 Å². The van der Waals surface area contributed by atoms with Gasteiger partial charge in [0.1, 0.15) is 5.92 Å². The molecule has 2 amide bonds. The van der Waals surface area contributed by atoms with E-state index in [9.17, 15) is 9.59 Å². The fraction of sp³-hybridized carbons (Fsp3) is 0.444. The van der Waals surface area contributed by atoms with Crippen molar-refractivity contribution in [3.8, 4) is 0 Å². The van der Waals surface area contributed by atoms with Crippen molar-refractivity contribution < 1.29 is 14.1 Å². The second-order valence-corrected chi connectivity index (χ2v) is 6.63. The first-order valence-corrected chi connectivity index (χ1v) is 8.69. The molecular weight excluding hydrogens is 320 g/mol. The van der Waals surface area contributed by atoms with E-state index in [1.165, 1.54) is 0 Å². The summed E-state index contributed by atoms with van der Waals surface area (Å²) in [6, 6.07) is 7.49. The number of aromatic nitrogens is 2. The molecule has 1 saturated carbocycles. The van der Waals surface area contributed by atoms with Crippen LogP contribution in [0.3, 0.4) is 0 Å². The zero-order chi connectivity index (χ0) is 17.2. The molecule has 1 aliphatic heterocycles. The highest BCUT2D eigenvalue weighted by atomic mass is 16.5. The predicted molar refractivity (Wildman–Crippen MR) is 89.9 cm³/mol. The number of carbonyl (C=O) groups excluding carboxylic acids is 2. The third kappa shape index (κ3) is 3.55. The lowest BCUT2D eigenvalue weighted by atomic mass is 9.97. The highest BCUT2D eigenvalue weighted by Gasteiger charge is 2.30. The largest absolute Gasteiger partial charge is 0.355 e. The van der Waals surface area contributed by atoms with Gasteiger partial charge >= 0.3 is 0 Å². The maximum Gasteiger partial charge on any atom is 0.236 e. The Bertz CT molecular complexity index is 797. The minimum absolute atomic E-state index is 0.202. The molecule has 1 atom stereocenters. The van der Waals surface area contributed by atoms with Crippen LogP contribution in [0.2, 0.25) is 0 Å². The number of benzene rings is 1. The highest BCUT2D eigenvalue weighted by Crippen LogP contribution is 2.38. The maximum atomic E-state index is 12.5. The quantitative estimate of drug-likeness (QED) is 0.812. The van der Waals surface area contributed by atoms with Gasteiger partial charge in [-0.15, -0.1) is 0 Å². The van der Waals surface area contributed by atoms with E-state index in [-0.39, 0.29) is 11.8 Å². The van der Waals surface area contributed by atoms with Gasteiger partial charge in [0.2, 0.25) is 17.7 Å². The van der Waals surface area contributed by atoms with Crippen molar-refractivity contribution in [2.24, 2.45) is 5.92 Å². The molecule has 2 fully saturated rings. The van der Waals surface area contributed by atoms with E-state index in [0.717, 1.165) is 30.7 Å². The molecule has 2 aromatic rings. The molecule has 4 rings (SSSR count). The monoisotopic (exact) mass is 340 g/mol. The van der Waals surface area contributed by atoms with Crippen molar-refractivity contribution >= 4 is 17.5 Å². The number of nitrogens with one attached hydrogen (secondary N) is 2. The van der Waals surface area contributed by atoms with E-state index in [2.05, 4.69) is 20.8 Å². The summed E-state index contributed by atoms with van der Waals surface area (Å²) in [4.78, 5) is 28.8. The maximum absolute atomic E-state index is 12.5. The van der Waals surface area contributed by atoms with Crippen molar-refractivity contribution in [2.75, 3.05) is 11.9 Å². The molecule has 7 heteroatoms. The van der Waals surface area contributed by atoms with E-state index in [4.69, 9.17) is 4.52 Å². The zero-order valence-electron chi connectivity index (χ0n) is 13.8. The highest BCUT2D eigenvalue weighted by molar-refractivity contribution is 6.07. The van der Waals surface area contributed by atoms with Gasteiger partial charge in [-0.1, -0.05) is 23.4 Å². The van der Waals surface area contributed by atoms with Gasteiger partial charge in [0, 0.05) is 18.2 Å². The summed E-state index contributed by atoms with van der Waals surface area (Å²) in [6.07, 6.45) is 4.09. The molecule has 0 radical (unpaired) electrons. The molecule has 1 aromatic carbocycles. The molecule has 130 valence electrons. The number of rotatable bonds is 5. The Balaban J connectivity index is 1.48. The van der Waals surface area contributed by atoms with Crippen LogP contribution < -0.4 is 10.6 Å². The number of hydrogen-bond donors (Lipinski definition) is 2. The molecule has 2 heterocycles. The van der Waals surface area contributed by atoms with Gasteiger partial charge in [-0.25, -0.2) is 0 Å². The SMILES string of the molecule is O=C1NCCCC1C(=O)Nc1ccccc1Cc1nc(C2CC2)no1. The molecule has 7 nitrogen and oxygen atoms in total. The summed E-state index contributed by atoms with van der Waals surface area (Å²) < 4.78 is 5.33. The average molecular weight is 340 g/mol. The van der Waals surface area contributed by atoms with Crippen LogP contribution in [0.1, 0.15) is 48.9 Å². The van der Waals surface area contributed by atoms with Crippen LogP contribution in [0.25, 0.3) is 0 Å². The molecule has 1 unspecified atom stereocenters. The minimum atomic E-state index is -0.633. The summed E-state index contributed by atoms with van der Waals surface area (Å²) in [7, 11) is 0. The first kappa shape index (κ1) is 15.8. The Morgan fingerprint density at radius 3 is 2.92 bits per heavy atom. The zero-order valence-corrected chi connectivity index (χ0v) is 13.8. The van der Waals surface area contributed by atoms with Crippen LogP contribution in [-0.4, -0.2) is 28.5 Å². The average Bonchev–Trinajstić information content (AvgIpc) is 3.36. The van der Waals surface area contributed by atoms with E-state index in [0.29, 0.717) is 36.9 Å². The third-order valence-corrected chi connectivity index (χ3v) is 4.64. The van der Waals surface area contributed by atoms with Crippen LogP contribution in [0.5, 0.6) is 0 Å². The van der Waals surface area contributed by atoms with Crippen LogP contribution in [-0.2, 0) is 16.0 Å². The molecule has 2 aliphatic rings. The van der Waals surface area contributed by atoms with Crippen molar-refractivity contribution in [2.45, 2.75) is 38.0 Å². The van der Waals surface area contributed by atoms with Crippen molar-refractivity contribution in [1.29, 1.82) is 0 Å². The number of para-hydroxylation sites is 1. The van der Waals surface area contributed by atoms with Crippen LogP contribution in [0, 0.1) is 5.92 Å². The standard InChI is InChI=1S/C18H20N4O3/c23-17-13(5-3-9-19-17)18(24)20-14-6-2-1-4-12(14)10-15-21-16(22-25-15)11-7-8-11/h1-2,4,6,11,13H,3,5,7-10H2,(H,19,23)(H,20,24). The van der Waals surface area contributed by atoms with Crippen molar-refractivity contribution in [3.63, 3.8) is 0 Å². The van der Waals surface area contributed by atoms with Gasteiger partial charge in [0.15, 0.2) is 5.82 Å². The summed E-state index contributed by atoms with van der Waals surface area (Å²) in [5.41, 5.74) is 1.56. The van der Waals surface area contributed by atoms with Crippen LogP contribution >= 0.6 is 0 Å². The Hall–Kier alpha value is -2.70.